The maximum atomic E-state index is 12.2. The molecule has 0 saturated heterocycles. The second-order valence-electron chi connectivity index (χ2n) is 6.68. The Balaban J connectivity index is 1.89. The van der Waals surface area contributed by atoms with E-state index in [-0.39, 0.29) is 5.92 Å². The Hall–Kier alpha value is -2.12. The minimum atomic E-state index is -0.621. The van der Waals surface area contributed by atoms with Gasteiger partial charge in [-0.05, 0) is 41.9 Å². The lowest BCUT2D eigenvalue weighted by Crippen LogP contribution is -2.32. The van der Waals surface area contributed by atoms with Crippen LogP contribution in [-0.4, -0.2) is 37.0 Å². The molecular formula is C20H20Cl2N2O4. The molecule has 0 fully saturated rings. The van der Waals surface area contributed by atoms with Crippen molar-refractivity contribution in [3.63, 3.8) is 0 Å². The number of carbonyl (C=O) groups excluding carboxylic acids is 2. The summed E-state index contributed by atoms with van der Waals surface area (Å²) >= 11 is 12.7. The summed E-state index contributed by atoms with van der Waals surface area (Å²) in [5, 5.41) is 4.03. The maximum Gasteiger partial charge on any atom is 0.339 e. The molecule has 28 heavy (non-hydrogen) atoms. The smallest absolute Gasteiger partial charge is 0.324 e. The molecule has 0 aliphatic carbocycles. The van der Waals surface area contributed by atoms with E-state index in [9.17, 15) is 9.59 Å². The molecule has 2 aromatic carbocycles. The van der Waals surface area contributed by atoms with Crippen molar-refractivity contribution in [2.75, 3.05) is 25.5 Å². The van der Waals surface area contributed by atoms with Gasteiger partial charge in [0.25, 0.3) is 5.91 Å². The SMILES string of the molecule is CC(=O)OOCC(=O)Nc1ccccc1[C@@H]1CN(C)Cc2c(Cl)cc(Cl)cc21. The van der Waals surface area contributed by atoms with E-state index in [4.69, 9.17) is 23.2 Å². The standard InChI is InChI=1S/C20H20Cl2N2O4/c1-12(25)28-27-11-20(26)23-19-6-4-3-5-14(19)16-9-24(2)10-17-15(16)7-13(21)8-18(17)22/h3-8,16H,9-11H2,1-2H3,(H,23,26)/t16-/m0/s1. The van der Waals surface area contributed by atoms with Crippen molar-refractivity contribution >= 4 is 40.8 Å². The molecule has 1 amide bonds. The van der Waals surface area contributed by atoms with E-state index >= 15 is 0 Å². The fourth-order valence-corrected chi connectivity index (χ4v) is 3.95. The molecule has 1 N–H and O–H groups in total. The lowest BCUT2D eigenvalue weighted by molar-refractivity contribution is -0.265. The first-order valence-corrected chi connectivity index (χ1v) is 9.46. The summed E-state index contributed by atoms with van der Waals surface area (Å²) in [7, 11) is 2.02. The molecule has 0 spiro atoms. The van der Waals surface area contributed by atoms with Gasteiger partial charge in [-0.2, -0.15) is 4.89 Å². The quantitative estimate of drug-likeness (QED) is 0.582. The van der Waals surface area contributed by atoms with E-state index in [1.54, 1.807) is 6.07 Å². The van der Waals surface area contributed by atoms with E-state index < -0.39 is 18.5 Å². The minimum Gasteiger partial charge on any atom is -0.324 e. The predicted molar refractivity (Wildman–Crippen MR) is 107 cm³/mol. The summed E-state index contributed by atoms with van der Waals surface area (Å²) in [6, 6.07) is 11.2. The molecular weight excluding hydrogens is 403 g/mol. The minimum absolute atomic E-state index is 0.0177. The van der Waals surface area contributed by atoms with Crippen LogP contribution < -0.4 is 5.32 Å². The first-order valence-electron chi connectivity index (χ1n) is 8.70. The zero-order valence-electron chi connectivity index (χ0n) is 15.5. The van der Waals surface area contributed by atoms with Gasteiger partial charge in [-0.25, -0.2) is 4.79 Å². The highest BCUT2D eigenvalue weighted by atomic mass is 35.5. The Labute approximate surface area is 173 Å². The number of benzene rings is 2. The van der Waals surface area contributed by atoms with Crippen LogP contribution in [0.25, 0.3) is 0 Å². The maximum absolute atomic E-state index is 12.2. The van der Waals surface area contributed by atoms with E-state index in [1.165, 1.54) is 6.92 Å². The zero-order valence-corrected chi connectivity index (χ0v) is 17.0. The average molecular weight is 423 g/mol. The van der Waals surface area contributed by atoms with Crippen LogP contribution in [0, 0.1) is 0 Å². The summed E-state index contributed by atoms with van der Waals surface area (Å²) in [5.41, 5.74) is 3.67. The number of carbonyl (C=O) groups is 2. The van der Waals surface area contributed by atoms with E-state index in [1.807, 2.05) is 37.4 Å². The number of hydrogen-bond acceptors (Lipinski definition) is 5. The second kappa shape index (κ2) is 8.92. The number of hydrogen-bond donors (Lipinski definition) is 1. The van der Waals surface area contributed by atoms with Crippen LogP contribution >= 0.6 is 23.2 Å². The molecule has 0 bridgehead atoms. The Kier molecular flexibility index (Phi) is 6.57. The molecule has 2 aromatic rings. The fraction of sp³-hybridized carbons (Fsp3) is 0.300. The molecule has 0 aromatic heterocycles. The summed E-state index contributed by atoms with van der Waals surface area (Å²) in [4.78, 5) is 34.0. The molecule has 1 aliphatic rings. The van der Waals surface area contributed by atoms with Crippen LogP contribution in [0.2, 0.25) is 10.0 Å². The van der Waals surface area contributed by atoms with Gasteiger partial charge in [0.05, 0.1) is 0 Å². The van der Waals surface area contributed by atoms with Crippen molar-refractivity contribution in [2.45, 2.75) is 19.4 Å². The van der Waals surface area contributed by atoms with Gasteiger partial charge in [0.1, 0.15) is 0 Å². The summed E-state index contributed by atoms with van der Waals surface area (Å²) in [6.45, 7) is 2.28. The molecule has 1 atom stereocenters. The van der Waals surface area contributed by atoms with Gasteiger partial charge in [0.2, 0.25) is 0 Å². The van der Waals surface area contributed by atoms with Crippen LogP contribution in [0.15, 0.2) is 36.4 Å². The Morgan fingerprint density at radius 1 is 1.21 bits per heavy atom. The fourth-order valence-electron chi connectivity index (χ4n) is 3.38. The Morgan fingerprint density at radius 3 is 2.71 bits per heavy atom. The van der Waals surface area contributed by atoms with E-state index in [0.717, 1.165) is 29.8 Å². The number of likely N-dealkylation sites (N-methyl/N-ethyl adjacent to an activating group) is 1. The lowest BCUT2D eigenvalue weighted by Gasteiger charge is -2.34. The van der Waals surface area contributed by atoms with Gasteiger partial charge in [0, 0.05) is 41.7 Å². The number of fused-ring (bicyclic) bond motifs is 1. The van der Waals surface area contributed by atoms with E-state index in [0.29, 0.717) is 15.7 Å². The Bertz CT molecular complexity index is 904. The number of para-hydroxylation sites is 1. The first-order chi connectivity index (χ1) is 13.3. The topological polar surface area (TPSA) is 67.9 Å². The van der Waals surface area contributed by atoms with Crippen molar-refractivity contribution in [1.82, 2.24) is 4.90 Å². The largest absolute Gasteiger partial charge is 0.339 e. The summed E-state index contributed by atoms with van der Waals surface area (Å²) < 4.78 is 0. The Morgan fingerprint density at radius 2 is 1.96 bits per heavy atom. The first kappa shape index (κ1) is 20.6. The van der Waals surface area contributed by atoms with Gasteiger partial charge in [-0.15, -0.1) is 0 Å². The van der Waals surface area contributed by atoms with Gasteiger partial charge < -0.3 is 10.2 Å². The highest BCUT2D eigenvalue weighted by molar-refractivity contribution is 6.35. The van der Waals surface area contributed by atoms with Crippen molar-refractivity contribution in [1.29, 1.82) is 0 Å². The summed E-state index contributed by atoms with van der Waals surface area (Å²) in [6.07, 6.45) is 0. The van der Waals surface area contributed by atoms with Crippen molar-refractivity contribution in [2.24, 2.45) is 0 Å². The lowest BCUT2D eigenvalue weighted by atomic mass is 9.84. The molecule has 1 heterocycles. The van der Waals surface area contributed by atoms with E-state index in [2.05, 4.69) is 20.0 Å². The molecule has 3 rings (SSSR count). The predicted octanol–water partition coefficient (Wildman–Crippen LogP) is 4.00. The zero-order chi connectivity index (χ0) is 20.3. The van der Waals surface area contributed by atoms with Crippen LogP contribution in [0.3, 0.4) is 0 Å². The molecule has 0 saturated carbocycles. The second-order valence-corrected chi connectivity index (χ2v) is 7.52. The normalized spacial score (nSPS) is 16.4. The third kappa shape index (κ3) is 4.83. The molecule has 6 nitrogen and oxygen atoms in total. The number of nitrogens with zero attached hydrogens (tertiary/aromatic N) is 1. The molecule has 0 unspecified atom stereocenters. The van der Waals surface area contributed by atoms with Crippen LogP contribution in [-0.2, 0) is 25.9 Å². The van der Waals surface area contributed by atoms with Crippen LogP contribution in [0.4, 0.5) is 5.69 Å². The third-order valence-electron chi connectivity index (χ3n) is 4.47. The number of amides is 1. The molecule has 148 valence electrons. The number of anilines is 1. The highest BCUT2D eigenvalue weighted by Gasteiger charge is 2.28. The third-order valence-corrected chi connectivity index (χ3v) is 5.02. The van der Waals surface area contributed by atoms with Gasteiger partial charge in [0.15, 0.2) is 6.61 Å². The van der Waals surface area contributed by atoms with Crippen LogP contribution in [0.5, 0.6) is 0 Å². The van der Waals surface area contributed by atoms with Crippen molar-refractivity contribution < 1.29 is 19.4 Å². The van der Waals surface area contributed by atoms with Gasteiger partial charge in [-0.3, -0.25) is 9.68 Å². The monoisotopic (exact) mass is 422 g/mol. The van der Waals surface area contributed by atoms with Crippen LogP contribution in [0.1, 0.15) is 29.5 Å². The number of halogens is 2. The average Bonchev–Trinajstić information content (AvgIpc) is 2.62. The number of rotatable bonds is 5. The molecule has 8 heteroatoms. The van der Waals surface area contributed by atoms with Crippen molar-refractivity contribution in [3.05, 3.63) is 63.1 Å². The highest BCUT2D eigenvalue weighted by Crippen LogP contribution is 2.40. The summed E-state index contributed by atoms with van der Waals surface area (Å²) in [5.74, 6) is -1.07. The molecule has 0 radical (unpaired) electrons. The van der Waals surface area contributed by atoms with Gasteiger partial charge >= 0.3 is 5.97 Å². The number of nitrogens with one attached hydrogen (secondary N) is 1. The van der Waals surface area contributed by atoms with Gasteiger partial charge in [-0.1, -0.05) is 41.4 Å². The van der Waals surface area contributed by atoms with Crippen molar-refractivity contribution in [3.8, 4) is 0 Å². The molecule has 1 aliphatic heterocycles.